The Balaban J connectivity index is 0.000000461. The van der Waals surface area contributed by atoms with Crippen LogP contribution < -0.4 is 4.57 Å². The zero-order valence-corrected chi connectivity index (χ0v) is 16.4. The van der Waals surface area contributed by atoms with Gasteiger partial charge in [-0.25, -0.2) is 0 Å². The molecule has 0 N–H and O–H groups in total. The van der Waals surface area contributed by atoms with Crippen molar-refractivity contribution in [1.29, 1.82) is 0 Å². The molecule has 0 spiro atoms. The lowest BCUT2D eigenvalue weighted by molar-refractivity contribution is -0.583. The first kappa shape index (κ1) is 21.3. The van der Waals surface area contributed by atoms with Crippen molar-refractivity contribution in [2.24, 2.45) is 0 Å². The van der Waals surface area contributed by atoms with Gasteiger partial charge in [-0.3, -0.25) is 0 Å². The fourth-order valence-corrected chi connectivity index (χ4v) is 3.07. The minimum Gasteiger partial charge on any atom is -0.418 e. The molecule has 1 aromatic heterocycles. The van der Waals surface area contributed by atoms with Gasteiger partial charge in [0.2, 0.25) is 11.4 Å². The molecule has 0 aliphatic heterocycles. The van der Waals surface area contributed by atoms with Gasteiger partial charge in [0.15, 0.2) is 6.20 Å². The topological polar surface area (TPSA) is 3.88 Å². The van der Waals surface area contributed by atoms with Crippen LogP contribution in [-0.4, -0.2) is 7.25 Å². The third-order valence-corrected chi connectivity index (χ3v) is 4.44. The first-order valence-corrected chi connectivity index (χ1v) is 9.42. The fourth-order valence-electron chi connectivity index (χ4n) is 3.07. The Morgan fingerprint density at radius 2 is 1.10 bits per heavy atom. The van der Waals surface area contributed by atoms with Gasteiger partial charge in [-0.15, -0.1) is 0 Å². The van der Waals surface area contributed by atoms with E-state index in [-0.39, 0.29) is 0 Å². The summed E-state index contributed by atoms with van der Waals surface area (Å²) in [4.78, 5) is 0. The Morgan fingerprint density at radius 1 is 0.600 bits per heavy atom. The summed E-state index contributed by atoms with van der Waals surface area (Å²) >= 11 is 0. The molecule has 0 aliphatic rings. The van der Waals surface area contributed by atoms with Crippen LogP contribution in [0.25, 0.3) is 28.1 Å². The Kier molecular flexibility index (Phi) is 6.67. The first-order chi connectivity index (χ1) is 14.3. The minimum absolute atomic E-state index is 1.17. The van der Waals surface area contributed by atoms with Gasteiger partial charge < -0.3 is 17.3 Å². The van der Waals surface area contributed by atoms with Crippen molar-refractivity contribution in [2.75, 3.05) is 0 Å². The molecule has 0 fully saturated rings. The number of hydrogen-bond donors (Lipinski definition) is 0. The van der Waals surface area contributed by atoms with E-state index in [4.69, 9.17) is 0 Å². The number of aryl methyl sites for hydroxylation is 1. The fraction of sp³-hybridized carbons (Fsp3) is 0.0417. The SMILES string of the molecule is Cc1ccc(-[n+]2ccc(-c3ccccc3)cc2-c2ccccc2)cc1.F[B-](F)(F)F. The van der Waals surface area contributed by atoms with Gasteiger partial charge >= 0.3 is 7.25 Å². The number of aromatic nitrogens is 1. The molecule has 0 atom stereocenters. The van der Waals surface area contributed by atoms with Crippen LogP contribution in [0, 0.1) is 6.92 Å². The number of nitrogens with zero attached hydrogens (tertiary/aromatic N) is 1. The molecule has 152 valence electrons. The molecule has 4 rings (SSSR count). The monoisotopic (exact) mass is 409 g/mol. The van der Waals surface area contributed by atoms with E-state index in [0.29, 0.717) is 0 Å². The smallest absolute Gasteiger partial charge is 0.418 e. The Hall–Kier alpha value is -3.41. The van der Waals surface area contributed by atoms with Crippen molar-refractivity contribution in [3.8, 4) is 28.1 Å². The van der Waals surface area contributed by atoms with Gasteiger partial charge in [-0.05, 0) is 30.2 Å². The first-order valence-electron chi connectivity index (χ1n) is 9.42. The number of hydrogen-bond acceptors (Lipinski definition) is 0. The van der Waals surface area contributed by atoms with Crippen molar-refractivity contribution in [2.45, 2.75) is 6.92 Å². The van der Waals surface area contributed by atoms with Crippen LogP contribution in [0.2, 0.25) is 0 Å². The average Bonchev–Trinajstić information content (AvgIpc) is 2.74. The maximum Gasteiger partial charge on any atom is 0.673 e. The molecule has 0 saturated heterocycles. The molecular weight excluding hydrogens is 389 g/mol. The van der Waals surface area contributed by atoms with Crippen molar-refractivity contribution < 1.29 is 21.8 Å². The van der Waals surface area contributed by atoms with E-state index >= 15 is 0 Å². The predicted molar refractivity (Wildman–Crippen MR) is 114 cm³/mol. The Labute approximate surface area is 173 Å². The summed E-state index contributed by atoms with van der Waals surface area (Å²) in [7, 11) is -6.00. The van der Waals surface area contributed by atoms with E-state index in [1.54, 1.807) is 0 Å². The van der Waals surface area contributed by atoms with Crippen LogP contribution in [0.3, 0.4) is 0 Å². The summed E-state index contributed by atoms with van der Waals surface area (Å²) in [6, 6.07) is 34.2. The largest absolute Gasteiger partial charge is 0.673 e. The van der Waals surface area contributed by atoms with Gasteiger partial charge in [-0.1, -0.05) is 66.2 Å². The Bertz CT molecular complexity index is 1070. The van der Waals surface area contributed by atoms with Gasteiger partial charge in [0.05, 0.1) is 0 Å². The summed E-state index contributed by atoms with van der Waals surface area (Å²) in [5.74, 6) is 0. The second-order valence-corrected chi connectivity index (χ2v) is 6.73. The van der Waals surface area contributed by atoms with Gasteiger partial charge in [0.1, 0.15) is 0 Å². The molecule has 6 heteroatoms. The lowest BCUT2D eigenvalue weighted by atomic mass is 10.0. The summed E-state index contributed by atoms with van der Waals surface area (Å²) in [5, 5.41) is 0. The molecule has 0 bridgehead atoms. The highest BCUT2D eigenvalue weighted by atomic mass is 19.5. The highest BCUT2D eigenvalue weighted by Gasteiger charge is 2.20. The normalized spacial score (nSPS) is 10.8. The minimum atomic E-state index is -6.00. The van der Waals surface area contributed by atoms with E-state index in [9.17, 15) is 17.3 Å². The van der Waals surface area contributed by atoms with Crippen molar-refractivity contribution in [1.82, 2.24) is 0 Å². The zero-order valence-electron chi connectivity index (χ0n) is 16.4. The molecule has 0 radical (unpaired) electrons. The number of halogens is 4. The van der Waals surface area contributed by atoms with Gasteiger partial charge in [0.25, 0.3) is 0 Å². The maximum absolute atomic E-state index is 9.75. The maximum atomic E-state index is 9.75. The van der Waals surface area contributed by atoms with Crippen LogP contribution in [0.4, 0.5) is 17.3 Å². The molecule has 0 aliphatic carbocycles. The average molecular weight is 409 g/mol. The van der Waals surface area contributed by atoms with Gasteiger partial charge in [0, 0.05) is 29.8 Å². The molecule has 4 aromatic rings. The molecular formula is C24H20BF4N. The van der Waals surface area contributed by atoms with Crippen molar-refractivity contribution in [3.63, 3.8) is 0 Å². The quantitative estimate of drug-likeness (QED) is 0.197. The van der Waals surface area contributed by atoms with Crippen LogP contribution in [0.5, 0.6) is 0 Å². The summed E-state index contributed by atoms with van der Waals surface area (Å²) in [6.07, 6.45) is 2.16. The second-order valence-electron chi connectivity index (χ2n) is 6.73. The lowest BCUT2D eigenvalue weighted by Gasteiger charge is -2.07. The highest BCUT2D eigenvalue weighted by molar-refractivity contribution is 6.50. The third kappa shape index (κ3) is 6.04. The van der Waals surface area contributed by atoms with Crippen LogP contribution in [-0.2, 0) is 0 Å². The number of pyridine rings is 1. The predicted octanol–water partition coefficient (Wildman–Crippen LogP) is 6.91. The lowest BCUT2D eigenvalue weighted by Crippen LogP contribution is -2.32. The second kappa shape index (κ2) is 9.40. The standard InChI is InChI=1S/C24H20N.BF4/c1-19-12-14-23(15-13-19)25-17-16-22(20-8-4-2-5-9-20)18-24(25)21-10-6-3-7-11-21;2-1(3,4)5/h2-18H,1H3;/q+1;-1. The van der Waals surface area contributed by atoms with E-state index in [2.05, 4.69) is 115 Å². The summed E-state index contributed by atoms with van der Waals surface area (Å²) in [6.45, 7) is 2.12. The van der Waals surface area contributed by atoms with E-state index in [1.807, 2.05) is 0 Å². The third-order valence-electron chi connectivity index (χ3n) is 4.44. The van der Waals surface area contributed by atoms with E-state index in [0.717, 1.165) is 0 Å². The van der Waals surface area contributed by atoms with E-state index in [1.165, 1.54) is 33.6 Å². The van der Waals surface area contributed by atoms with Crippen LogP contribution in [0.1, 0.15) is 5.56 Å². The van der Waals surface area contributed by atoms with E-state index < -0.39 is 7.25 Å². The van der Waals surface area contributed by atoms with Gasteiger partial charge in [-0.2, -0.15) is 4.57 Å². The molecule has 3 aromatic carbocycles. The number of rotatable bonds is 3. The molecule has 1 heterocycles. The molecule has 0 amide bonds. The molecule has 30 heavy (non-hydrogen) atoms. The van der Waals surface area contributed by atoms with Crippen molar-refractivity contribution >= 4 is 7.25 Å². The Morgan fingerprint density at radius 3 is 1.63 bits per heavy atom. The molecule has 1 nitrogen and oxygen atoms in total. The zero-order chi connectivity index (χ0) is 21.6. The number of benzene rings is 3. The summed E-state index contributed by atoms with van der Waals surface area (Å²) < 4.78 is 41.3. The highest BCUT2D eigenvalue weighted by Crippen LogP contribution is 2.24. The van der Waals surface area contributed by atoms with Crippen molar-refractivity contribution in [3.05, 3.63) is 109 Å². The molecule has 0 saturated carbocycles. The van der Waals surface area contributed by atoms with Crippen LogP contribution in [0.15, 0.2) is 103 Å². The van der Waals surface area contributed by atoms with Crippen LogP contribution >= 0.6 is 0 Å². The summed E-state index contributed by atoms with van der Waals surface area (Å²) in [5.41, 5.74) is 7.29. The molecule has 0 unspecified atom stereocenters.